The first kappa shape index (κ1) is 28.6. The molecule has 11 nitrogen and oxygen atoms in total. The summed E-state index contributed by atoms with van der Waals surface area (Å²) in [5.41, 5.74) is 6.49. The van der Waals surface area contributed by atoms with E-state index in [0.717, 1.165) is 0 Å². The van der Waals surface area contributed by atoms with Gasteiger partial charge in [-0.2, -0.15) is 24.4 Å². The predicted molar refractivity (Wildman–Crippen MR) is 127 cm³/mol. The van der Waals surface area contributed by atoms with Crippen molar-refractivity contribution in [1.82, 2.24) is 16.0 Å². The summed E-state index contributed by atoms with van der Waals surface area (Å²) in [5.74, 6) is -3.10. The van der Waals surface area contributed by atoms with Gasteiger partial charge in [0.2, 0.25) is 17.7 Å². The third-order valence-electron chi connectivity index (χ3n) is 4.59. The Morgan fingerprint density at radius 1 is 1.00 bits per heavy atom. The zero-order valence-electron chi connectivity index (χ0n) is 18.1. The molecule has 0 aliphatic rings. The molecule has 0 saturated heterocycles. The second-order valence-corrected chi connectivity index (χ2v) is 8.50. The number of thiol groups is 1. The molecule has 33 heavy (non-hydrogen) atoms. The average Bonchev–Trinajstić information content (AvgIpc) is 2.79. The maximum absolute atomic E-state index is 12.9. The Hall–Kier alpha value is -2.48. The number of carboxylic acid groups (broad SMARTS) is 1. The van der Waals surface area contributed by atoms with Crippen LogP contribution < -0.4 is 21.7 Å². The Kier molecular flexibility index (Phi) is 12.7. The maximum Gasteiger partial charge on any atom is 0.327 e. The average molecular weight is 503 g/mol. The van der Waals surface area contributed by atoms with Gasteiger partial charge in [-0.25, -0.2) is 4.79 Å². The number of rotatable bonds is 14. The largest absolute Gasteiger partial charge is 0.508 e. The number of hydrogen-bond donors (Lipinski definition) is 8. The minimum atomic E-state index is -1.45. The lowest BCUT2D eigenvalue weighted by molar-refractivity contribution is -0.142. The van der Waals surface area contributed by atoms with Gasteiger partial charge in [-0.05, 0) is 36.1 Å². The highest BCUT2D eigenvalue weighted by Crippen LogP contribution is 2.12. The van der Waals surface area contributed by atoms with Crippen LogP contribution >= 0.6 is 24.4 Å². The highest BCUT2D eigenvalue weighted by Gasteiger charge is 2.29. The molecule has 0 aliphatic heterocycles. The highest BCUT2D eigenvalue weighted by atomic mass is 32.2. The number of carbonyl (C=O) groups is 4. The lowest BCUT2D eigenvalue weighted by Crippen LogP contribution is -2.58. The molecule has 0 saturated carbocycles. The Morgan fingerprint density at radius 3 is 2.06 bits per heavy atom. The number of hydrogen-bond acceptors (Lipinski definition) is 9. The number of phenolic OH excluding ortho intramolecular Hbond substituents is 1. The van der Waals surface area contributed by atoms with E-state index in [-0.39, 0.29) is 17.9 Å². The molecule has 184 valence electrons. The van der Waals surface area contributed by atoms with Crippen molar-refractivity contribution in [3.63, 3.8) is 0 Å². The Labute approximate surface area is 201 Å². The monoisotopic (exact) mass is 502 g/mol. The standard InChI is InChI=1S/C20H30N4O7S2/c1-33-7-6-13(21)17(27)22-14(8-11-2-4-12(26)5-3-11)18(28)23-15(9-25)19(29)24-16(10-32)20(30)31/h2-5,13-16,25-26,32H,6-10,21H2,1H3,(H,22,27)(H,23,28)(H,24,29)(H,30,31). The van der Waals surface area contributed by atoms with Crippen LogP contribution in [0, 0.1) is 0 Å². The van der Waals surface area contributed by atoms with Crippen LogP contribution in [0.1, 0.15) is 12.0 Å². The summed E-state index contributed by atoms with van der Waals surface area (Å²) >= 11 is 5.37. The Bertz CT molecular complexity index is 810. The van der Waals surface area contributed by atoms with Gasteiger partial charge in [-0.3, -0.25) is 14.4 Å². The van der Waals surface area contributed by atoms with Crippen LogP contribution in [-0.2, 0) is 25.6 Å². The van der Waals surface area contributed by atoms with Crippen LogP contribution in [0.2, 0.25) is 0 Å². The van der Waals surface area contributed by atoms with Gasteiger partial charge >= 0.3 is 5.97 Å². The molecule has 0 heterocycles. The number of thioether (sulfide) groups is 1. The maximum atomic E-state index is 12.9. The third kappa shape index (κ3) is 9.90. The van der Waals surface area contributed by atoms with Crippen LogP contribution in [0.15, 0.2) is 24.3 Å². The van der Waals surface area contributed by atoms with E-state index in [9.17, 15) is 29.4 Å². The zero-order chi connectivity index (χ0) is 25.0. The number of aliphatic hydroxyl groups is 1. The lowest BCUT2D eigenvalue weighted by Gasteiger charge is -2.24. The fraction of sp³-hybridized carbons (Fsp3) is 0.500. The fourth-order valence-corrected chi connectivity index (χ4v) is 3.39. The molecule has 4 atom stereocenters. The van der Waals surface area contributed by atoms with E-state index in [1.165, 1.54) is 23.9 Å². The molecule has 1 rings (SSSR count). The molecule has 8 N–H and O–H groups in total. The first-order chi connectivity index (χ1) is 15.6. The van der Waals surface area contributed by atoms with E-state index in [4.69, 9.17) is 10.8 Å². The number of aliphatic hydroxyl groups excluding tert-OH is 1. The van der Waals surface area contributed by atoms with Gasteiger partial charge in [0, 0.05) is 12.2 Å². The molecule has 1 aromatic carbocycles. The smallest absolute Gasteiger partial charge is 0.327 e. The van der Waals surface area contributed by atoms with E-state index in [2.05, 4.69) is 28.6 Å². The minimum Gasteiger partial charge on any atom is -0.508 e. The van der Waals surface area contributed by atoms with Gasteiger partial charge in [-0.1, -0.05) is 12.1 Å². The van der Waals surface area contributed by atoms with E-state index in [0.29, 0.717) is 17.7 Å². The van der Waals surface area contributed by atoms with E-state index < -0.39 is 54.5 Å². The lowest BCUT2D eigenvalue weighted by atomic mass is 10.0. The minimum absolute atomic E-state index is 0.0151. The van der Waals surface area contributed by atoms with E-state index in [1.807, 2.05) is 6.26 Å². The van der Waals surface area contributed by atoms with Crippen LogP contribution in [0.5, 0.6) is 5.75 Å². The SMILES string of the molecule is CSCCC(N)C(=O)NC(Cc1ccc(O)cc1)C(=O)NC(CO)C(=O)NC(CS)C(=O)O. The molecule has 0 spiro atoms. The quantitative estimate of drug-likeness (QED) is 0.140. The first-order valence-corrected chi connectivity index (χ1v) is 12.0. The molecule has 0 aliphatic carbocycles. The van der Waals surface area contributed by atoms with E-state index in [1.54, 1.807) is 12.1 Å². The van der Waals surface area contributed by atoms with Gasteiger partial charge in [0.1, 0.15) is 23.9 Å². The van der Waals surface area contributed by atoms with E-state index >= 15 is 0 Å². The van der Waals surface area contributed by atoms with Crippen LogP contribution in [0.3, 0.4) is 0 Å². The number of nitrogens with two attached hydrogens (primary N) is 1. The number of phenols is 1. The highest BCUT2D eigenvalue weighted by molar-refractivity contribution is 7.98. The van der Waals surface area contributed by atoms with Crippen LogP contribution in [-0.4, -0.2) is 87.5 Å². The summed E-state index contributed by atoms with van der Waals surface area (Å²) < 4.78 is 0. The Morgan fingerprint density at radius 2 is 1.55 bits per heavy atom. The molecule has 13 heteroatoms. The van der Waals surface area contributed by atoms with Crippen molar-refractivity contribution >= 4 is 48.1 Å². The molecule has 1 aromatic rings. The number of benzene rings is 1. The first-order valence-electron chi connectivity index (χ1n) is 10.0. The number of aromatic hydroxyl groups is 1. The number of amides is 3. The topological polar surface area (TPSA) is 191 Å². The summed E-state index contributed by atoms with van der Waals surface area (Å²) in [4.78, 5) is 48.8. The third-order valence-corrected chi connectivity index (χ3v) is 5.60. The Balaban J connectivity index is 2.97. The van der Waals surface area contributed by atoms with Crippen molar-refractivity contribution in [2.45, 2.75) is 37.0 Å². The van der Waals surface area contributed by atoms with Crippen molar-refractivity contribution in [3.05, 3.63) is 29.8 Å². The van der Waals surface area contributed by atoms with Crippen molar-refractivity contribution in [1.29, 1.82) is 0 Å². The normalized spacial score (nSPS) is 14.4. The molecule has 3 amide bonds. The van der Waals surface area contributed by atoms with Gasteiger partial charge < -0.3 is 37.0 Å². The number of carbonyl (C=O) groups excluding carboxylic acids is 3. The van der Waals surface area contributed by atoms with Crippen molar-refractivity contribution in [2.75, 3.05) is 24.4 Å². The van der Waals surface area contributed by atoms with Gasteiger partial charge in [0.25, 0.3) is 0 Å². The van der Waals surface area contributed by atoms with Crippen LogP contribution in [0.4, 0.5) is 0 Å². The summed E-state index contributed by atoms with van der Waals surface area (Å²) in [7, 11) is 0. The number of aliphatic carboxylic acids is 1. The summed E-state index contributed by atoms with van der Waals surface area (Å²) in [6.45, 7) is -0.802. The fourth-order valence-electron chi connectivity index (χ4n) is 2.66. The summed E-state index contributed by atoms with van der Waals surface area (Å²) in [6, 6.07) is 1.21. The van der Waals surface area contributed by atoms with Gasteiger partial charge in [0.15, 0.2) is 0 Å². The molecular weight excluding hydrogens is 472 g/mol. The molecule has 0 bridgehead atoms. The second-order valence-electron chi connectivity index (χ2n) is 7.15. The zero-order valence-corrected chi connectivity index (χ0v) is 19.8. The molecular formula is C20H30N4O7S2. The van der Waals surface area contributed by atoms with Crippen LogP contribution in [0.25, 0.3) is 0 Å². The van der Waals surface area contributed by atoms with Crippen molar-refractivity contribution in [2.24, 2.45) is 5.73 Å². The number of carboxylic acids is 1. The van der Waals surface area contributed by atoms with Gasteiger partial charge in [-0.15, -0.1) is 0 Å². The summed E-state index contributed by atoms with van der Waals surface area (Å²) in [5, 5.41) is 35.1. The predicted octanol–water partition coefficient (Wildman–Crippen LogP) is -1.52. The van der Waals surface area contributed by atoms with Gasteiger partial charge in [0.05, 0.1) is 12.6 Å². The molecule has 4 unspecified atom stereocenters. The molecule has 0 radical (unpaired) electrons. The summed E-state index contributed by atoms with van der Waals surface area (Å²) in [6.07, 6.45) is 2.28. The van der Waals surface area contributed by atoms with Crippen molar-refractivity contribution in [3.8, 4) is 5.75 Å². The second kappa shape index (κ2) is 14.6. The number of nitrogens with one attached hydrogen (secondary N) is 3. The molecule has 0 aromatic heterocycles. The molecule has 0 fully saturated rings. The van der Waals surface area contributed by atoms with Crippen molar-refractivity contribution < 1.29 is 34.5 Å².